The minimum absolute atomic E-state index is 0.00424. The van der Waals surface area contributed by atoms with Crippen molar-refractivity contribution < 1.29 is 23.7 Å². The molecule has 148 valence electrons. The molecule has 2 aromatic rings. The molecule has 0 saturated carbocycles. The lowest BCUT2D eigenvalue weighted by molar-refractivity contribution is 0.102. The highest BCUT2D eigenvalue weighted by Gasteiger charge is 2.23. The summed E-state index contributed by atoms with van der Waals surface area (Å²) in [6.07, 6.45) is 1.83. The Kier molecular flexibility index (Phi) is 5.78. The van der Waals surface area contributed by atoms with E-state index < -0.39 is 0 Å². The second-order valence-corrected chi connectivity index (χ2v) is 6.69. The normalized spacial score (nSPS) is 13.0. The maximum absolute atomic E-state index is 13.2. The van der Waals surface area contributed by atoms with Crippen molar-refractivity contribution in [1.29, 1.82) is 0 Å². The van der Waals surface area contributed by atoms with E-state index in [1.165, 1.54) is 0 Å². The molecule has 1 aliphatic rings. The second kappa shape index (κ2) is 8.25. The molecule has 0 aliphatic carbocycles. The van der Waals surface area contributed by atoms with Gasteiger partial charge in [-0.05, 0) is 49.2 Å². The molecule has 0 fully saturated rings. The Bertz CT molecular complexity index is 917. The summed E-state index contributed by atoms with van der Waals surface area (Å²) in [5, 5.41) is 0. The molecular weight excluding hydrogens is 358 g/mol. The van der Waals surface area contributed by atoms with Crippen molar-refractivity contribution in [2.75, 3.05) is 26.2 Å². The SMILES string of the molecule is CCOc1ccc(C(=O)C(=Cc2ccc3c(c2OC)OCO3)C(C)C)cc1N. The average Bonchev–Trinajstić information content (AvgIpc) is 3.15. The molecule has 6 heteroatoms. The number of fused-ring (bicyclic) bond motifs is 1. The summed E-state index contributed by atoms with van der Waals surface area (Å²) in [6, 6.07) is 8.78. The van der Waals surface area contributed by atoms with Crippen LogP contribution in [0, 0.1) is 5.92 Å². The van der Waals surface area contributed by atoms with Gasteiger partial charge in [-0.2, -0.15) is 0 Å². The first-order valence-corrected chi connectivity index (χ1v) is 9.21. The number of carbonyl (C=O) groups excluding carboxylic acids is 1. The number of Topliss-reactive ketones (excluding diaryl/α,β-unsaturated/α-hetero) is 1. The van der Waals surface area contributed by atoms with E-state index in [9.17, 15) is 4.79 Å². The minimum atomic E-state index is -0.0931. The topological polar surface area (TPSA) is 80.0 Å². The number of nitrogen functional groups attached to an aromatic ring is 1. The van der Waals surface area contributed by atoms with Crippen LogP contribution in [0.15, 0.2) is 35.9 Å². The van der Waals surface area contributed by atoms with Crippen molar-refractivity contribution in [3.63, 3.8) is 0 Å². The number of hydrogen-bond acceptors (Lipinski definition) is 6. The van der Waals surface area contributed by atoms with Gasteiger partial charge in [0, 0.05) is 16.7 Å². The van der Waals surface area contributed by atoms with Crippen LogP contribution >= 0.6 is 0 Å². The number of anilines is 1. The number of nitrogens with two attached hydrogens (primary N) is 1. The van der Waals surface area contributed by atoms with Crippen molar-refractivity contribution in [3.05, 3.63) is 47.0 Å². The first-order valence-electron chi connectivity index (χ1n) is 9.21. The smallest absolute Gasteiger partial charge is 0.231 e. The number of allylic oxidation sites excluding steroid dienone is 1. The third-order valence-electron chi connectivity index (χ3n) is 4.50. The third-order valence-corrected chi connectivity index (χ3v) is 4.50. The molecule has 2 aromatic carbocycles. The lowest BCUT2D eigenvalue weighted by atomic mass is 9.92. The Morgan fingerprint density at radius 1 is 1.25 bits per heavy atom. The van der Waals surface area contributed by atoms with Gasteiger partial charge in [-0.15, -0.1) is 0 Å². The number of methoxy groups -OCH3 is 1. The summed E-state index contributed by atoms with van der Waals surface area (Å²) in [4.78, 5) is 13.2. The third kappa shape index (κ3) is 3.76. The van der Waals surface area contributed by atoms with E-state index in [2.05, 4.69) is 0 Å². The Morgan fingerprint density at radius 2 is 2.04 bits per heavy atom. The van der Waals surface area contributed by atoms with Crippen LogP contribution in [0.4, 0.5) is 5.69 Å². The molecule has 0 aromatic heterocycles. The lowest BCUT2D eigenvalue weighted by Gasteiger charge is -2.14. The summed E-state index contributed by atoms with van der Waals surface area (Å²) in [6.45, 7) is 6.50. The van der Waals surface area contributed by atoms with Crippen molar-refractivity contribution in [2.24, 2.45) is 5.92 Å². The fraction of sp³-hybridized carbons (Fsp3) is 0.318. The molecule has 1 heterocycles. The summed E-state index contributed by atoms with van der Waals surface area (Å²) in [7, 11) is 1.57. The van der Waals surface area contributed by atoms with Crippen LogP contribution in [-0.2, 0) is 0 Å². The van der Waals surface area contributed by atoms with E-state index in [-0.39, 0.29) is 18.5 Å². The number of ketones is 1. The van der Waals surface area contributed by atoms with Crippen LogP contribution in [0.1, 0.15) is 36.7 Å². The van der Waals surface area contributed by atoms with E-state index in [1.54, 1.807) is 25.3 Å². The van der Waals surface area contributed by atoms with Gasteiger partial charge in [0.05, 0.1) is 19.4 Å². The van der Waals surface area contributed by atoms with Crippen molar-refractivity contribution in [3.8, 4) is 23.0 Å². The maximum Gasteiger partial charge on any atom is 0.231 e. The number of carbonyl (C=O) groups is 1. The monoisotopic (exact) mass is 383 g/mol. The van der Waals surface area contributed by atoms with Crippen molar-refractivity contribution in [2.45, 2.75) is 20.8 Å². The molecule has 0 amide bonds. The molecular formula is C22H25NO5. The van der Waals surface area contributed by atoms with Crippen LogP contribution < -0.4 is 24.7 Å². The van der Waals surface area contributed by atoms with E-state index >= 15 is 0 Å². The number of ether oxygens (including phenoxy) is 4. The second-order valence-electron chi connectivity index (χ2n) is 6.69. The highest BCUT2D eigenvalue weighted by Crippen LogP contribution is 2.44. The molecule has 0 radical (unpaired) electrons. The first-order chi connectivity index (χ1) is 13.5. The average molecular weight is 383 g/mol. The number of benzene rings is 2. The summed E-state index contributed by atoms with van der Waals surface area (Å²) >= 11 is 0. The molecule has 0 spiro atoms. The van der Waals surface area contributed by atoms with Gasteiger partial charge in [0.2, 0.25) is 12.5 Å². The largest absolute Gasteiger partial charge is 0.492 e. The lowest BCUT2D eigenvalue weighted by Crippen LogP contribution is -2.10. The molecule has 0 bridgehead atoms. The predicted molar refractivity (Wildman–Crippen MR) is 108 cm³/mol. The Morgan fingerprint density at radius 3 is 2.68 bits per heavy atom. The number of hydrogen-bond donors (Lipinski definition) is 1. The summed E-state index contributed by atoms with van der Waals surface area (Å²) in [5.74, 6) is 2.21. The molecule has 3 rings (SSSR count). The Labute approximate surface area is 164 Å². The standard InChI is InChI=1S/C22H25NO5/c1-5-26-18-8-6-14(11-17(18)23)20(24)16(13(2)3)10-15-7-9-19-22(21(15)25-4)28-12-27-19/h6-11,13H,5,12,23H2,1-4H3. The zero-order chi connectivity index (χ0) is 20.3. The summed E-state index contributed by atoms with van der Waals surface area (Å²) < 4.78 is 21.9. The fourth-order valence-corrected chi connectivity index (χ4v) is 3.09. The molecule has 0 saturated heterocycles. The fourth-order valence-electron chi connectivity index (χ4n) is 3.09. The van der Waals surface area contributed by atoms with Crippen LogP contribution in [0.3, 0.4) is 0 Å². The first kappa shape index (κ1) is 19.6. The van der Waals surface area contributed by atoms with Gasteiger partial charge in [-0.1, -0.05) is 13.8 Å². The van der Waals surface area contributed by atoms with Gasteiger partial charge < -0.3 is 24.7 Å². The molecule has 0 unspecified atom stereocenters. The zero-order valence-electron chi connectivity index (χ0n) is 16.6. The quantitative estimate of drug-likeness (QED) is 0.436. The van der Waals surface area contributed by atoms with Gasteiger partial charge >= 0.3 is 0 Å². The van der Waals surface area contributed by atoms with Gasteiger partial charge in [-0.3, -0.25) is 4.79 Å². The van der Waals surface area contributed by atoms with Crippen LogP contribution in [0.2, 0.25) is 0 Å². The predicted octanol–water partition coefficient (Wildman–Crippen LogP) is 4.33. The highest BCUT2D eigenvalue weighted by atomic mass is 16.7. The number of rotatable bonds is 7. The minimum Gasteiger partial charge on any atom is -0.492 e. The molecule has 2 N–H and O–H groups in total. The Balaban J connectivity index is 2.00. The van der Waals surface area contributed by atoms with Crippen LogP contribution in [-0.4, -0.2) is 26.3 Å². The van der Waals surface area contributed by atoms with Crippen LogP contribution in [0.25, 0.3) is 6.08 Å². The van der Waals surface area contributed by atoms with E-state index in [0.29, 0.717) is 46.4 Å². The van der Waals surface area contributed by atoms with E-state index in [1.807, 2.05) is 39.0 Å². The van der Waals surface area contributed by atoms with Crippen LogP contribution in [0.5, 0.6) is 23.0 Å². The van der Waals surface area contributed by atoms with E-state index in [0.717, 1.165) is 5.56 Å². The highest BCUT2D eigenvalue weighted by molar-refractivity contribution is 6.12. The summed E-state index contributed by atoms with van der Waals surface area (Å²) in [5.41, 5.74) is 8.38. The van der Waals surface area contributed by atoms with Gasteiger partial charge in [0.25, 0.3) is 0 Å². The van der Waals surface area contributed by atoms with Gasteiger partial charge in [0.15, 0.2) is 17.3 Å². The molecule has 0 atom stereocenters. The van der Waals surface area contributed by atoms with Crippen molar-refractivity contribution >= 4 is 17.5 Å². The molecule has 28 heavy (non-hydrogen) atoms. The zero-order valence-corrected chi connectivity index (χ0v) is 16.6. The Hall–Kier alpha value is -3.15. The maximum atomic E-state index is 13.2. The van der Waals surface area contributed by atoms with E-state index in [4.69, 9.17) is 24.7 Å². The van der Waals surface area contributed by atoms with Gasteiger partial charge in [-0.25, -0.2) is 0 Å². The molecule has 1 aliphatic heterocycles. The van der Waals surface area contributed by atoms with Gasteiger partial charge in [0.1, 0.15) is 5.75 Å². The molecule has 6 nitrogen and oxygen atoms in total. The van der Waals surface area contributed by atoms with Crippen molar-refractivity contribution in [1.82, 2.24) is 0 Å².